The van der Waals surface area contributed by atoms with Gasteiger partial charge in [-0.15, -0.1) is 0 Å². The number of ether oxygens (including phenoxy) is 4. The minimum atomic E-state index is -1.53. The summed E-state index contributed by atoms with van der Waals surface area (Å²) in [6.45, 7) is 6.18. The zero-order chi connectivity index (χ0) is 15.6. The molecule has 1 heterocycles. The smallest absolute Gasteiger partial charge is 0.283 e. The largest absolute Gasteiger partial charge is 0.379 e. The van der Waals surface area contributed by atoms with Gasteiger partial charge in [-0.25, -0.2) is 0 Å². The van der Waals surface area contributed by atoms with Crippen LogP contribution in [0.3, 0.4) is 0 Å². The van der Waals surface area contributed by atoms with Crippen molar-refractivity contribution in [2.24, 2.45) is 0 Å². The van der Waals surface area contributed by atoms with Crippen molar-refractivity contribution in [3.05, 3.63) is 0 Å². The zero-order valence-corrected chi connectivity index (χ0v) is 13.8. The van der Waals surface area contributed by atoms with Crippen LogP contribution in [0.25, 0.3) is 0 Å². The molecule has 0 radical (unpaired) electrons. The van der Waals surface area contributed by atoms with Crippen molar-refractivity contribution in [1.82, 2.24) is 0 Å². The second kappa shape index (κ2) is 10.5. The van der Waals surface area contributed by atoms with E-state index in [9.17, 15) is 5.11 Å². The van der Waals surface area contributed by atoms with Crippen molar-refractivity contribution in [1.29, 1.82) is 0 Å². The molecule has 126 valence electrons. The van der Waals surface area contributed by atoms with Crippen LogP contribution >= 0.6 is 0 Å². The fourth-order valence-electron chi connectivity index (χ4n) is 2.43. The monoisotopic (exact) mass is 304 g/mol. The average Bonchev–Trinajstić information content (AvgIpc) is 2.81. The molecule has 0 aromatic heterocycles. The molecule has 0 bridgehead atoms. The van der Waals surface area contributed by atoms with Gasteiger partial charge in [0.1, 0.15) is 6.10 Å². The Labute approximate surface area is 128 Å². The average molecular weight is 304 g/mol. The van der Waals surface area contributed by atoms with Crippen LogP contribution in [0.5, 0.6) is 0 Å². The van der Waals surface area contributed by atoms with E-state index < -0.39 is 5.97 Å². The molecule has 0 aromatic rings. The first-order valence-corrected chi connectivity index (χ1v) is 8.30. The highest BCUT2D eigenvalue weighted by molar-refractivity contribution is 4.83. The highest BCUT2D eigenvalue weighted by atomic mass is 16.8. The maximum Gasteiger partial charge on any atom is 0.283 e. The van der Waals surface area contributed by atoms with Gasteiger partial charge in [0.2, 0.25) is 0 Å². The third-order valence-electron chi connectivity index (χ3n) is 3.78. The molecular weight excluding hydrogens is 272 g/mol. The van der Waals surface area contributed by atoms with Crippen LogP contribution in [-0.4, -0.2) is 50.2 Å². The van der Waals surface area contributed by atoms with Gasteiger partial charge in [0.25, 0.3) is 5.97 Å². The Hall–Kier alpha value is -0.200. The number of methoxy groups -OCH3 is 1. The number of rotatable bonds is 12. The molecule has 1 aliphatic heterocycles. The fourth-order valence-corrected chi connectivity index (χ4v) is 2.43. The van der Waals surface area contributed by atoms with Crippen LogP contribution in [0.15, 0.2) is 0 Å². The molecule has 0 aliphatic carbocycles. The van der Waals surface area contributed by atoms with Gasteiger partial charge in [0.05, 0.1) is 19.1 Å². The van der Waals surface area contributed by atoms with E-state index in [1.54, 1.807) is 0 Å². The molecule has 1 saturated heterocycles. The van der Waals surface area contributed by atoms with Gasteiger partial charge in [0.15, 0.2) is 0 Å². The van der Waals surface area contributed by atoms with Crippen molar-refractivity contribution in [2.45, 2.75) is 77.0 Å². The van der Waals surface area contributed by atoms with Crippen LogP contribution in [0, 0.1) is 0 Å². The third-order valence-corrected chi connectivity index (χ3v) is 3.78. The SMILES string of the molecule is CCCCCOC[C@H]1OC(O)(OC)C[C@@H]1OCCCCC. The lowest BCUT2D eigenvalue weighted by Crippen LogP contribution is -2.32. The molecule has 21 heavy (non-hydrogen) atoms. The lowest BCUT2D eigenvalue weighted by molar-refractivity contribution is -0.341. The van der Waals surface area contributed by atoms with E-state index in [2.05, 4.69) is 13.8 Å². The summed E-state index contributed by atoms with van der Waals surface area (Å²) in [7, 11) is 1.44. The van der Waals surface area contributed by atoms with E-state index in [0.717, 1.165) is 32.3 Å². The van der Waals surface area contributed by atoms with Crippen LogP contribution in [0.4, 0.5) is 0 Å². The van der Waals surface area contributed by atoms with Gasteiger partial charge in [-0.2, -0.15) is 0 Å². The molecule has 1 aliphatic rings. The van der Waals surface area contributed by atoms with Crippen molar-refractivity contribution >= 4 is 0 Å². The van der Waals surface area contributed by atoms with Crippen molar-refractivity contribution < 1.29 is 24.1 Å². The molecule has 3 atom stereocenters. The lowest BCUT2D eigenvalue weighted by atomic mass is 10.1. The van der Waals surface area contributed by atoms with Gasteiger partial charge >= 0.3 is 0 Å². The fraction of sp³-hybridized carbons (Fsp3) is 1.00. The van der Waals surface area contributed by atoms with Gasteiger partial charge in [-0.05, 0) is 12.8 Å². The van der Waals surface area contributed by atoms with Crippen LogP contribution < -0.4 is 0 Å². The molecular formula is C16H32O5. The summed E-state index contributed by atoms with van der Waals surface area (Å²) < 4.78 is 22.1. The molecule has 1 fully saturated rings. The molecule has 5 heteroatoms. The molecule has 0 spiro atoms. The Bertz CT molecular complexity index is 261. The van der Waals surface area contributed by atoms with E-state index >= 15 is 0 Å². The standard InChI is InChI=1S/C16H32O5/c1-4-6-8-10-19-13-15-14(20-11-9-7-5-2)12-16(17,18-3)21-15/h14-15,17H,4-13H2,1-3H3/t14-,15+,16?/m0/s1. The van der Waals surface area contributed by atoms with Gasteiger partial charge in [-0.3, -0.25) is 0 Å². The topological polar surface area (TPSA) is 57.2 Å². The number of hydrogen-bond acceptors (Lipinski definition) is 5. The lowest BCUT2D eigenvalue weighted by Gasteiger charge is -2.20. The molecule has 5 nitrogen and oxygen atoms in total. The van der Waals surface area contributed by atoms with Crippen LogP contribution in [0.1, 0.15) is 58.8 Å². The van der Waals surface area contributed by atoms with Crippen molar-refractivity contribution in [2.75, 3.05) is 26.9 Å². The summed E-state index contributed by atoms with van der Waals surface area (Å²) in [5, 5.41) is 10.1. The quantitative estimate of drug-likeness (QED) is 0.444. The number of hydrogen-bond donors (Lipinski definition) is 1. The summed E-state index contributed by atoms with van der Waals surface area (Å²) in [6, 6.07) is 0. The Morgan fingerprint density at radius 3 is 2.38 bits per heavy atom. The zero-order valence-electron chi connectivity index (χ0n) is 13.8. The first-order valence-electron chi connectivity index (χ1n) is 8.30. The third kappa shape index (κ3) is 7.06. The summed E-state index contributed by atoms with van der Waals surface area (Å²) in [6.07, 6.45) is 6.65. The number of aliphatic hydroxyl groups is 1. The normalized spacial score (nSPS) is 29.1. The van der Waals surface area contributed by atoms with E-state index in [1.165, 1.54) is 20.0 Å². The van der Waals surface area contributed by atoms with Gasteiger partial charge < -0.3 is 24.1 Å². The van der Waals surface area contributed by atoms with Crippen molar-refractivity contribution in [3.63, 3.8) is 0 Å². The maximum absolute atomic E-state index is 10.1. The second-order valence-electron chi connectivity index (χ2n) is 5.68. The van der Waals surface area contributed by atoms with E-state index in [0.29, 0.717) is 19.6 Å². The van der Waals surface area contributed by atoms with Crippen LogP contribution in [0.2, 0.25) is 0 Å². The first kappa shape index (κ1) is 18.8. The Morgan fingerprint density at radius 1 is 1.10 bits per heavy atom. The van der Waals surface area contributed by atoms with Gasteiger partial charge in [0, 0.05) is 20.3 Å². The summed E-state index contributed by atoms with van der Waals surface area (Å²) in [4.78, 5) is 0. The van der Waals surface area contributed by atoms with E-state index in [1.807, 2.05) is 0 Å². The molecule has 0 aromatic carbocycles. The highest BCUT2D eigenvalue weighted by Crippen LogP contribution is 2.31. The van der Waals surface area contributed by atoms with E-state index in [4.69, 9.17) is 18.9 Å². The van der Waals surface area contributed by atoms with Crippen LogP contribution in [-0.2, 0) is 18.9 Å². The van der Waals surface area contributed by atoms with E-state index in [-0.39, 0.29) is 12.2 Å². The maximum atomic E-state index is 10.1. The molecule has 0 amide bonds. The minimum absolute atomic E-state index is 0.169. The summed E-state index contributed by atoms with van der Waals surface area (Å²) in [5.41, 5.74) is 0. The first-order chi connectivity index (χ1) is 10.1. The minimum Gasteiger partial charge on any atom is -0.379 e. The molecule has 1 unspecified atom stereocenters. The molecule has 1 rings (SSSR count). The number of unbranched alkanes of at least 4 members (excludes halogenated alkanes) is 4. The molecule has 1 N–H and O–H groups in total. The van der Waals surface area contributed by atoms with Gasteiger partial charge in [-0.1, -0.05) is 39.5 Å². The predicted molar refractivity (Wildman–Crippen MR) is 81.1 cm³/mol. The second-order valence-corrected chi connectivity index (χ2v) is 5.68. The highest BCUT2D eigenvalue weighted by Gasteiger charge is 2.46. The summed E-state index contributed by atoms with van der Waals surface area (Å²) in [5.74, 6) is -1.53. The summed E-state index contributed by atoms with van der Waals surface area (Å²) >= 11 is 0. The molecule has 0 saturated carbocycles. The Morgan fingerprint density at radius 2 is 1.76 bits per heavy atom. The predicted octanol–water partition coefficient (Wildman–Crippen LogP) is 2.85. The Balaban J connectivity index is 2.33. The van der Waals surface area contributed by atoms with Crippen molar-refractivity contribution in [3.8, 4) is 0 Å². The Kier molecular flexibility index (Phi) is 9.44.